The Morgan fingerprint density at radius 1 is 1.15 bits per heavy atom. The molecule has 0 spiro atoms. The van der Waals surface area contributed by atoms with Crippen LogP contribution in [0.2, 0.25) is 0 Å². The van der Waals surface area contributed by atoms with E-state index < -0.39 is 5.91 Å². The summed E-state index contributed by atoms with van der Waals surface area (Å²) in [6.45, 7) is 6.48. The van der Waals surface area contributed by atoms with Crippen LogP contribution >= 0.6 is 11.3 Å². The fourth-order valence-corrected chi connectivity index (χ4v) is 5.68. The molecule has 2 aromatic carbocycles. The lowest BCUT2D eigenvalue weighted by Crippen LogP contribution is -2.31. The fraction of sp³-hybridized carbons (Fsp3) is 0.308. The van der Waals surface area contributed by atoms with Crippen molar-refractivity contribution >= 4 is 45.0 Å². The van der Waals surface area contributed by atoms with E-state index in [1.165, 1.54) is 0 Å². The van der Waals surface area contributed by atoms with Crippen LogP contribution in [-0.2, 0) is 11.2 Å². The van der Waals surface area contributed by atoms with Crippen LogP contribution in [-0.4, -0.2) is 23.0 Å². The van der Waals surface area contributed by atoms with Gasteiger partial charge in [-0.1, -0.05) is 18.2 Å². The number of amides is 2. The molecule has 0 bridgehead atoms. The Kier molecular flexibility index (Phi) is 6.90. The number of aromatic nitrogens is 1. The van der Waals surface area contributed by atoms with E-state index in [1.807, 2.05) is 25.1 Å². The number of thiophene rings is 1. The van der Waals surface area contributed by atoms with E-state index in [9.17, 15) is 9.59 Å². The maximum Gasteiger partial charge on any atom is 0.269 e. The molecule has 2 heterocycles. The van der Waals surface area contributed by atoms with Crippen molar-refractivity contribution in [1.29, 1.82) is 0 Å². The third kappa shape index (κ3) is 4.03. The van der Waals surface area contributed by atoms with Gasteiger partial charge in [0, 0.05) is 22.8 Å². The predicted molar refractivity (Wildman–Crippen MR) is 138 cm³/mol. The van der Waals surface area contributed by atoms with Gasteiger partial charge in [-0.05, 0) is 68.7 Å². The van der Waals surface area contributed by atoms with Crippen molar-refractivity contribution in [3.8, 4) is 10.8 Å². The van der Waals surface area contributed by atoms with Gasteiger partial charge in [0.1, 0.15) is 10.8 Å². The van der Waals surface area contributed by atoms with E-state index in [2.05, 4.69) is 41.4 Å². The van der Waals surface area contributed by atoms with Gasteiger partial charge in [0.25, 0.3) is 5.91 Å². The summed E-state index contributed by atoms with van der Waals surface area (Å²) in [5, 5.41) is 4.98. The zero-order chi connectivity index (χ0) is 24.4. The maximum absolute atomic E-state index is 13.2. The SMILES string of the molecule is CCOc1c(CCCCC(N)=O)c(C)c2c(c1C(=O)NN)c1ccccc1n2-c1sccc1C. The number of aryl methyl sites for hydroxylation is 2. The molecule has 0 aliphatic rings. The van der Waals surface area contributed by atoms with Crippen molar-refractivity contribution in [2.75, 3.05) is 6.61 Å². The Morgan fingerprint density at radius 3 is 2.56 bits per heavy atom. The summed E-state index contributed by atoms with van der Waals surface area (Å²) in [5.74, 6) is 5.51. The first-order valence-electron chi connectivity index (χ1n) is 11.5. The first kappa shape index (κ1) is 23.8. The molecule has 8 heteroatoms. The lowest BCUT2D eigenvalue weighted by atomic mass is 9.93. The minimum Gasteiger partial charge on any atom is -0.493 e. The first-order valence-corrected chi connectivity index (χ1v) is 12.3. The van der Waals surface area contributed by atoms with Crippen molar-refractivity contribution < 1.29 is 14.3 Å². The van der Waals surface area contributed by atoms with Crippen LogP contribution in [0, 0.1) is 13.8 Å². The molecule has 2 aromatic heterocycles. The predicted octanol–water partition coefficient (Wildman–Crippen LogP) is 4.66. The lowest BCUT2D eigenvalue weighted by molar-refractivity contribution is -0.118. The zero-order valence-electron chi connectivity index (χ0n) is 19.7. The van der Waals surface area contributed by atoms with Crippen LogP contribution in [0.3, 0.4) is 0 Å². The van der Waals surface area contributed by atoms with Gasteiger partial charge in [-0.15, -0.1) is 11.3 Å². The number of benzene rings is 2. The maximum atomic E-state index is 13.2. The third-order valence-corrected chi connectivity index (χ3v) is 7.22. The molecule has 0 fully saturated rings. The number of hydrogen-bond acceptors (Lipinski definition) is 5. The Bertz CT molecular complexity index is 1390. The van der Waals surface area contributed by atoms with Crippen molar-refractivity contribution in [3.05, 3.63) is 58.0 Å². The summed E-state index contributed by atoms with van der Waals surface area (Å²) in [6.07, 6.45) is 2.40. The molecule has 34 heavy (non-hydrogen) atoms. The minimum absolute atomic E-state index is 0.311. The normalized spacial score (nSPS) is 11.3. The van der Waals surface area contributed by atoms with Gasteiger partial charge >= 0.3 is 0 Å². The summed E-state index contributed by atoms with van der Waals surface area (Å²) >= 11 is 1.67. The highest BCUT2D eigenvalue weighted by Crippen LogP contribution is 2.44. The molecular weight excluding hydrogens is 448 g/mol. The molecule has 0 aliphatic carbocycles. The van der Waals surface area contributed by atoms with Crippen LogP contribution in [0.15, 0.2) is 35.7 Å². The number of nitrogens with one attached hydrogen (secondary N) is 1. The summed E-state index contributed by atoms with van der Waals surface area (Å²) in [5.41, 5.74) is 13.3. The number of para-hydroxylation sites is 1. The molecule has 0 radical (unpaired) electrons. The molecule has 178 valence electrons. The number of primary amides is 1. The van der Waals surface area contributed by atoms with Crippen molar-refractivity contribution in [1.82, 2.24) is 9.99 Å². The average Bonchev–Trinajstić information content (AvgIpc) is 3.39. The van der Waals surface area contributed by atoms with Crippen LogP contribution in [0.4, 0.5) is 0 Å². The van der Waals surface area contributed by atoms with Gasteiger partial charge in [-0.25, -0.2) is 5.84 Å². The molecule has 0 atom stereocenters. The molecule has 0 aliphatic heterocycles. The second-order valence-electron chi connectivity index (χ2n) is 8.37. The van der Waals surface area contributed by atoms with E-state index in [0.29, 0.717) is 37.2 Å². The quantitative estimate of drug-likeness (QED) is 0.140. The minimum atomic E-state index is -0.391. The van der Waals surface area contributed by atoms with Crippen LogP contribution in [0.1, 0.15) is 53.2 Å². The standard InChI is InChI=1S/C26H30N4O3S/c1-4-33-24-17(9-6-8-12-20(27)31)16(3)23-21(22(24)25(32)29-28)18-10-5-7-11-19(18)30(23)26-15(2)13-14-34-26/h5,7,10-11,13-14H,4,6,8-9,12,28H2,1-3H3,(H2,27,31)(H,29,32). The molecular formula is C26H30N4O3S. The molecule has 7 nitrogen and oxygen atoms in total. The highest BCUT2D eigenvalue weighted by Gasteiger charge is 2.28. The second-order valence-corrected chi connectivity index (χ2v) is 9.27. The Balaban J connectivity index is 2.11. The molecule has 4 aromatic rings. The largest absolute Gasteiger partial charge is 0.493 e. The molecule has 0 unspecified atom stereocenters. The van der Waals surface area contributed by atoms with Crippen LogP contribution in [0.25, 0.3) is 26.8 Å². The number of nitrogen functional groups attached to an aromatic ring is 1. The van der Waals surface area contributed by atoms with E-state index in [4.69, 9.17) is 16.3 Å². The van der Waals surface area contributed by atoms with Gasteiger partial charge in [0.05, 0.1) is 23.2 Å². The number of ether oxygens (including phenoxy) is 1. The lowest BCUT2D eigenvalue weighted by Gasteiger charge is -2.20. The van der Waals surface area contributed by atoms with E-state index in [1.54, 1.807) is 11.3 Å². The van der Waals surface area contributed by atoms with Gasteiger partial charge in [0.15, 0.2) is 0 Å². The van der Waals surface area contributed by atoms with Crippen molar-refractivity contribution in [2.45, 2.75) is 46.5 Å². The molecule has 5 N–H and O–H groups in total. The van der Waals surface area contributed by atoms with Crippen LogP contribution < -0.4 is 21.7 Å². The molecule has 0 saturated carbocycles. The Morgan fingerprint density at radius 2 is 1.91 bits per heavy atom. The summed E-state index contributed by atoms with van der Waals surface area (Å²) in [6, 6.07) is 10.2. The van der Waals surface area contributed by atoms with E-state index in [0.717, 1.165) is 49.9 Å². The number of nitrogens with zero attached hydrogens (tertiary/aromatic N) is 1. The Labute approximate surface area is 202 Å². The zero-order valence-corrected chi connectivity index (χ0v) is 20.6. The van der Waals surface area contributed by atoms with Crippen molar-refractivity contribution in [3.63, 3.8) is 0 Å². The number of rotatable bonds is 9. The van der Waals surface area contributed by atoms with Crippen molar-refractivity contribution in [2.24, 2.45) is 11.6 Å². The smallest absolute Gasteiger partial charge is 0.269 e. The molecule has 2 amide bonds. The van der Waals surface area contributed by atoms with E-state index >= 15 is 0 Å². The van der Waals surface area contributed by atoms with Gasteiger partial charge in [-0.3, -0.25) is 15.0 Å². The third-order valence-electron chi connectivity index (χ3n) is 6.22. The monoisotopic (exact) mass is 478 g/mol. The Hall–Kier alpha value is -3.36. The fourth-order valence-electron chi connectivity index (χ4n) is 4.73. The number of hydrazine groups is 1. The summed E-state index contributed by atoms with van der Waals surface area (Å²) < 4.78 is 8.36. The summed E-state index contributed by atoms with van der Waals surface area (Å²) in [7, 11) is 0. The number of carbonyl (C=O) groups excluding carboxylic acids is 2. The number of carbonyl (C=O) groups is 2. The topological polar surface area (TPSA) is 112 Å². The average molecular weight is 479 g/mol. The van der Waals surface area contributed by atoms with Gasteiger partial charge in [0.2, 0.25) is 5.91 Å². The highest BCUT2D eigenvalue weighted by atomic mass is 32.1. The second kappa shape index (κ2) is 9.87. The number of fused-ring (bicyclic) bond motifs is 3. The van der Waals surface area contributed by atoms with Crippen LogP contribution in [0.5, 0.6) is 5.75 Å². The van der Waals surface area contributed by atoms with Gasteiger partial charge in [-0.2, -0.15) is 0 Å². The molecule has 0 saturated heterocycles. The summed E-state index contributed by atoms with van der Waals surface area (Å²) in [4.78, 5) is 24.5. The highest BCUT2D eigenvalue weighted by molar-refractivity contribution is 7.12. The van der Waals surface area contributed by atoms with E-state index in [-0.39, 0.29) is 5.91 Å². The number of unbranched alkanes of at least 4 members (excludes halogenated alkanes) is 1. The number of nitrogens with two attached hydrogens (primary N) is 2. The number of hydrogen-bond donors (Lipinski definition) is 3. The molecule has 4 rings (SSSR count). The first-order chi connectivity index (χ1) is 16.4. The van der Waals surface area contributed by atoms with Gasteiger partial charge < -0.3 is 15.0 Å².